The zero-order chi connectivity index (χ0) is 17.7. The van der Waals surface area contributed by atoms with Crippen LogP contribution in [0.2, 0.25) is 0 Å². The third-order valence-corrected chi connectivity index (χ3v) is 4.02. The number of carbonyl (C=O) groups excluding carboxylic acids is 1. The average Bonchev–Trinajstić information content (AvgIpc) is 2.49. The predicted octanol–water partition coefficient (Wildman–Crippen LogP) is 4.38. The Kier molecular flexibility index (Phi) is 6.31. The van der Waals surface area contributed by atoms with Gasteiger partial charge in [-0.3, -0.25) is 4.79 Å². The number of aromatic nitrogens is 2. The van der Waals surface area contributed by atoms with Crippen molar-refractivity contribution in [2.75, 3.05) is 11.9 Å². The first kappa shape index (κ1) is 18.4. The summed E-state index contributed by atoms with van der Waals surface area (Å²) < 4.78 is 1.01. The molecule has 0 unspecified atom stereocenters. The summed E-state index contributed by atoms with van der Waals surface area (Å²) in [5.41, 5.74) is 3.10. The summed E-state index contributed by atoms with van der Waals surface area (Å²) in [6, 6.07) is 7.61. The number of nitrogens with one attached hydrogen (secondary N) is 2. The van der Waals surface area contributed by atoms with E-state index < -0.39 is 0 Å². The Hall–Kier alpha value is -1.95. The van der Waals surface area contributed by atoms with Crippen LogP contribution in [0.1, 0.15) is 42.0 Å². The second-order valence-electron chi connectivity index (χ2n) is 6.24. The van der Waals surface area contributed by atoms with Crippen LogP contribution in [0.25, 0.3) is 0 Å². The molecule has 0 spiro atoms. The van der Waals surface area contributed by atoms with E-state index in [0.717, 1.165) is 27.8 Å². The van der Waals surface area contributed by atoms with E-state index in [1.54, 1.807) is 6.07 Å². The number of amides is 1. The van der Waals surface area contributed by atoms with E-state index in [-0.39, 0.29) is 5.91 Å². The average molecular weight is 391 g/mol. The number of hydrogen-bond acceptors (Lipinski definition) is 4. The molecule has 2 rings (SSSR count). The van der Waals surface area contributed by atoms with Crippen LogP contribution in [0.15, 0.2) is 28.7 Å². The zero-order valence-electron chi connectivity index (χ0n) is 14.5. The number of nitrogens with zero attached hydrogens (tertiary/aromatic N) is 2. The van der Waals surface area contributed by atoms with Crippen molar-refractivity contribution in [1.29, 1.82) is 0 Å². The molecule has 0 fully saturated rings. The molecular formula is C18H23BrN4O. The molecule has 6 heteroatoms. The molecule has 24 heavy (non-hydrogen) atoms. The van der Waals surface area contributed by atoms with Crippen LogP contribution in [0, 0.1) is 19.8 Å². The molecule has 0 atom stereocenters. The van der Waals surface area contributed by atoms with Gasteiger partial charge < -0.3 is 10.6 Å². The number of carbonyl (C=O) groups is 1. The molecule has 2 N–H and O–H groups in total. The Bertz CT molecular complexity index is 731. The lowest BCUT2D eigenvalue weighted by Gasteiger charge is -2.11. The molecule has 0 aliphatic rings. The maximum atomic E-state index is 12.3. The minimum absolute atomic E-state index is 0.170. The molecule has 1 aromatic carbocycles. The molecule has 0 radical (unpaired) electrons. The number of halogens is 1. The van der Waals surface area contributed by atoms with Crippen LogP contribution in [-0.4, -0.2) is 22.4 Å². The first-order chi connectivity index (χ1) is 11.3. The van der Waals surface area contributed by atoms with Gasteiger partial charge in [0.15, 0.2) is 0 Å². The van der Waals surface area contributed by atoms with Gasteiger partial charge in [0.05, 0.1) is 0 Å². The lowest BCUT2D eigenvalue weighted by Crippen LogP contribution is -2.26. The summed E-state index contributed by atoms with van der Waals surface area (Å²) in [5.74, 6) is 0.807. The molecule has 2 aromatic rings. The van der Waals surface area contributed by atoms with Gasteiger partial charge in [0.1, 0.15) is 5.69 Å². The van der Waals surface area contributed by atoms with Crippen LogP contribution in [0.4, 0.5) is 11.6 Å². The number of rotatable bonds is 6. The molecule has 0 saturated heterocycles. The van der Waals surface area contributed by atoms with Crippen molar-refractivity contribution in [1.82, 2.24) is 15.3 Å². The number of aryl methyl sites for hydroxylation is 2. The van der Waals surface area contributed by atoms with Crippen molar-refractivity contribution in [2.24, 2.45) is 5.92 Å². The van der Waals surface area contributed by atoms with E-state index in [2.05, 4.69) is 50.4 Å². The lowest BCUT2D eigenvalue weighted by atomic mass is 10.1. The number of anilines is 2. The van der Waals surface area contributed by atoms with Crippen molar-refractivity contribution in [3.8, 4) is 0 Å². The van der Waals surface area contributed by atoms with Crippen molar-refractivity contribution < 1.29 is 4.79 Å². The van der Waals surface area contributed by atoms with Gasteiger partial charge in [-0.05, 0) is 56.0 Å². The second kappa shape index (κ2) is 8.24. The Labute approximate surface area is 151 Å². The monoisotopic (exact) mass is 390 g/mol. The summed E-state index contributed by atoms with van der Waals surface area (Å²) >= 11 is 3.45. The van der Waals surface area contributed by atoms with E-state index in [9.17, 15) is 4.79 Å². The summed E-state index contributed by atoms with van der Waals surface area (Å²) in [6.07, 6.45) is 0.943. The molecular weight excluding hydrogens is 368 g/mol. The van der Waals surface area contributed by atoms with Crippen LogP contribution in [0.3, 0.4) is 0 Å². The lowest BCUT2D eigenvalue weighted by molar-refractivity contribution is 0.0947. The molecule has 5 nitrogen and oxygen atoms in total. The summed E-state index contributed by atoms with van der Waals surface area (Å²) in [7, 11) is 0. The van der Waals surface area contributed by atoms with E-state index in [1.807, 2.05) is 32.0 Å². The smallest absolute Gasteiger partial charge is 0.270 e. The van der Waals surface area contributed by atoms with Crippen LogP contribution >= 0.6 is 15.9 Å². The van der Waals surface area contributed by atoms with Gasteiger partial charge in [-0.15, -0.1) is 0 Å². The normalized spacial score (nSPS) is 10.8. The summed E-state index contributed by atoms with van der Waals surface area (Å²) in [4.78, 5) is 21.0. The van der Waals surface area contributed by atoms with E-state index in [4.69, 9.17) is 0 Å². The topological polar surface area (TPSA) is 66.9 Å². The van der Waals surface area contributed by atoms with Crippen molar-refractivity contribution in [3.63, 3.8) is 0 Å². The van der Waals surface area contributed by atoms with Gasteiger partial charge in [0.25, 0.3) is 5.91 Å². The predicted molar refractivity (Wildman–Crippen MR) is 101 cm³/mol. The fourth-order valence-corrected chi connectivity index (χ4v) is 2.67. The Morgan fingerprint density at radius 3 is 2.62 bits per heavy atom. The van der Waals surface area contributed by atoms with E-state index in [1.165, 1.54) is 0 Å². The third-order valence-electron chi connectivity index (χ3n) is 3.53. The molecule has 1 amide bonds. The molecule has 0 aliphatic heterocycles. The van der Waals surface area contributed by atoms with Crippen molar-refractivity contribution in [3.05, 3.63) is 45.7 Å². The van der Waals surface area contributed by atoms with Gasteiger partial charge in [0, 0.05) is 22.4 Å². The van der Waals surface area contributed by atoms with Crippen LogP contribution in [0.5, 0.6) is 0 Å². The Morgan fingerprint density at radius 1 is 1.21 bits per heavy atom. The van der Waals surface area contributed by atoms with E-state index >= 15 is 0 Å². The highest BCUT2D eigenvalue weighted by atomic mass is 79.9. The van der Waals surface area contributed by atoms with Crippen LogP contribution in [-0.2, 0) is 0 Å². The fourth-order valence-electron chi connectivity index (χ4n) is 2.19. The van der Waals surface area contributed by atoms with Gasteiger partial charge in [-0.25, -0.2) is 9.97 Å². The van der Waals surface area contributed by atoms with Crippen LogP contribution < -0.4 is 10.6 Å². The highest BCUT2D eigenvalue weighted by Crippen LogP contribution is 2.22. The Morgan fingerprint density at radius 2 is 1.96 bits per heavy atom. The van der Waals surface area contributed by atoms with Gasteiger partial charge in [-0.2, -0.15) is 0 Å². The molecule has 1 heterocycles. The van der Waals surface area contributed by atoms with Gasteiger partial charge in [-0.1, -0.05) is 29.8 Å². The minimum Gasteiger partial charge on any atom is -0.351 e. The van der Waals surface area contributed by atoms with E-state index in [0.29, 0.717) is 24.1 Å². The van der Waals surface area contributed by atoms with Gasteiger partial charge in [0.2, 0.25) is 5.95 Å². The highest BCUT2D eigenvalue weighted by molar-refractivity contribution is 9.10. The van der Waals surface area contributed by atoms with Gasteiger partial charge >= 0.3 is 0 Å². The molecule has 0 bridgehead atoms. The summed E-state index contributed by atoms with van der Waals surface area (Å²) in [5, 5.41) is 6.09. The Balaban J connectivity index is 2.14. The SMILES string of the molecule is Cc1cc(C(=O)NCCC(C)C)nc(Nc2ccc(Br)cc2C)n1. The quantitative estimate of drug-likeness (QED) is 0.767. The molecule has 0 aliphatic carbocycles. The van der Waals surface area contributed by atoms with Crippen molar-refractivity contribution in [2.45, 2.75) is 34.1 Å². The third kappa shape index (κ3) is 5.30. The maximum Gasteiger partial charge on any atom is 0.270 e. The fraction of sp³-hybridized carbons (Fsp3) is 0.389. The largest absolute Gasteiger partial charge is 0.351 e. The number of benzene rings is 1. The molecule has 1 aromatic heterocycles. The maximum absolute atomic E-state index is 12.3. The molecule has 0 saturated carbocycles. The first-order valence-electron chi connectivity index (χ1n) is 8.02. The first-order valence-corrected chi connectivity index (χ1v) is 8.81. The van der Waals surface area contributed by atoms with Crippen molar-refractivity contribution >= 4 is 33.5 Å². The zero-order valence-corrected chi connectivity index (χ0v) is 16.1. The highest BCUT2D eigenvalue weighted by Gasteiger charge is 2.11. The molecule has 128 valence electrons. The second-order valence-corrected chi connectivity index (χ2v) is 7.16. The summed E-state index contributed by atoms with van der Waals surface area (Å²) in [6.45, 7) is 8.76. The number of hydrogen-bond donors (Lipinski definition) is 2. The standard InChI is InChI=1S/C18H23BrN4O/c1-11(2)7-8-20-17(24)16-10-13(4)21-18(23-16)22-15-6-5-14(19)9-12(15)3/h5-6,9-11H,7-8H2,1-4H3,(H,20,24)(H,21,22,23). The minimum atomic E-state index is -0.170.